The van der Waals surface area contributed by atoms with Crippen LogP contribution in [-0.4, -0.2) is 45.7 Å². The molecule has 1 heterocycles. The van der Waals surface area contributed by atoms with Crippen LogP contribution in [0.1, 0.15) is 12.0 Å². The average Bonchev–Trinajstić information content (AvgIpc) is 2.65. The molecule has 1 aliphatic rings. The summed E-state index contributed by atoms with van der Waals surface area (Å²) in [5.74, 6) is 0.799. The molecule has 26 heavy (non-hydrogen) atoms. The molecule has 0 aliphatic carbocycles. The van der Waals surface area contributed by atoms with E-state index in [4.69, 9.17) is 4.74 Å². The molecule has 138 valence electrons. The third-order valence-corrected chi connectivity index (χ3v) is 4.81. The zero-order valence-electron chi connectivity index (χ0n) is 15.6. The summed E-state index contributed by atoms with van der Waals surface area (Å²) in [4.78, 5) is 16.1. The molecular weight excluding hydrogens is 326 g/mol. The first kappa shape index (κ1) is 18.3. The number of likely N-dealkylation sites (N-methyl/N-ethyl adjacent to an activating group) is 1. The molecule has 5 nitrogen and oxygen atoms in total. The van der Waals surface area contributed by atoms with E-state index in [9.17, 15) is 4.79 Å². The fourth-order valence-electron chi connectivity index (χ4n) is 3.10. The molecule has 1 saturated heterocycles. The second-order valence-electron chi connectivity index (χ2n) is 6.90. The van der Waals surface area contributed by atoms with Crippen molar-refractivity contribution in [2.24, 2.45) is 0 Å². The maximum atomic E-state index is 12.1. The molecule has 2 aromatic carbocycles. The first-order valence-electron chi connectivity index (χ1n) is 9.26. The molecule has 2 aromatic rings. The largest absolute Gasteiger partial charge is 0.493 e. The van der Waals surface area contributed by atoms with E-state index in [1.807, 2.05) is 43.3 Å². The quantitative estimate of drug-likeness (QED) is 0.831. The lowest BCUT2D eigenvalue weighted by Crippen LogP contribution is -3.12. The van der Waals surface area contributed by atoms with Gasteiger partial charge in [-0.3, -0.25) is 4.79 Å². The van der Waals surface area contributed by atoms with Crippen molar-refractivity contribution in [3.63, 3.8) is 0 Å². The van der Waals surface area contributed by atoms with Gasteiger partial charge < -0.3 is 19.9 Å². The summed E-state index contributed by atoms with van der Waals surface area (Å²) in [5.41, 5.74) is 3.13. The summed E-state index contributed by atoms with van der Waals surface area (Å²) in [7, 11) is 2.23. The van der Waals surface area contributed by atoms with Gasteiger partial charge in [0.05, 0.1) is 46.3 Å². The highest BCUT2D eigenvalue weighted by Gasteiger charge is 2.16. The summed E-state index contributed by atoms with van der Waals surface area (Å²) in [6.45, 7) is 6.86. The molecule has 5 heteroatoms. The van der Waals surface area contributed by atoms with Crippen molar-refractivity contribution >= 4 is 17.3 Å². The predicted molar refractivity (Wildman–Crippen MR) is 105 cm³/mol. The van der Waals surface area contributed by atoms with Crippen molar-refractivity contribution in [3.8, 4) is 5.75 Å². The Morgan fingerprint density at radius 3 is 2.50 bits per heavy atom. The average molecular weight is 354 g/mol. The van der Waals surface area contributed by atoms with Crippen LogP contribution >= 0.6 is 0 Å². The minimum Gasteiger partial charge on any atom is -0.493 e. The smallest absolute Gasteiger partial charge is 0.227 e. The first-order chi connectivity index (χ1) is 12.6. The number of piperazine rings is 1. The van der Waals surface area contributed by atoms with Crippen LogP contribution in [-0.2, 0) is 4.79 Å². The summed E-state index contributed by atoms with van der Waals surface area (Å²) in [6.07, 6.45) is 0.331. The van der Waals surface area contributed by atoms with Crippen molar-refractivity contribution in [2.45, 2.75) is 13.3 Å². The van der Waals surface area contributed by atoms with Gasteiger partial charge in [0.15, 0.2) is 0 Å². The number of quaternary nitrogens is 1. The molecule has 0 aromatic heterocycles. The predicted octanol–water partition coefficient (Wildman–Crippen LogP) is 1.74. The van der Waals surface area contributed by atoms with E-state index in [1.54, 1.807) is 4.90 Å². The number of para-hydroxylation sites is 1. The van der Waals surface area contributed by atoms with Gasteiger partial charge in [-0.1, -0.05) is 18.2 Å². The Morgan fingerprint density at radius 2 is 1.81 bits per heavy atom. The van der Waals surface area contributed by atoms with Gasteiger partial charge in [-0.25, -0.2) is 0 Å². The summed E-state index contributed by atoms with van der Waals surface area (Å²) in [5, 5.41) is 2.94. The number of carbonyl (C=O) groups is 1. The molecule has 0 bridgehead atoms. The number of rotatable bonds is 6. The van der Waals surface area contributed by atoms with E-state index in [-0.39, 0.29) is 5.91 Å². The lowest BCUT2D eigenvalue weighted by Gasteiger charge is -2.31. The van der Waals surface area contributed by atoms with E-state index in [1.165, 1.54) is 18.8 Å². The number of hydrogen-bond donors (Lipinski definition) is 2. The minimum atomic E-state index is -0.0328. The third-order valence-electron chi connectivity index (χ3n) is 4.81. The Balaban J connectivity index is 1.45. The van der Waals surface area contributed by atoms with Crippen molar-refractivity contribution in [1.29, 1.82) is 0 Å². The van der Waals surface area contributed by atoms with Crippen LogP contribution in [0.3, 0.4) is 0 Å². The van der Waals surface area contributed by atoms with Crippen LogP contribution in [0, 0.1) is 6.92 Å². The van der Waals surface area contributed by atoms with Crippen LogP contribution in [0.5, 0.6) is 5.75 Å². The van der Waals surface area contributed by atoms with Crippen molar-refractivity contribution in [1.82, 2.24) is 0 Å². The van der Waals surface area contributed by atoms with Crippen LogP contribution in [0.4, 0.5) is 11.4 Å². The molecule has 1 fully saturated rings. The number of anilines is 2. The van der Waals surface area contributed by atoms with Gasteiger partial charge in [0, 0.05) is 11.4 Å². The van der Waals surface area contributed by atoms with E-state index in [0.29, 0.717) is 13.0 Å². The molecule has 2 N–H and O–H groups in total. The van der Waals surface area contributed by atoms with Crippen LogP contribution in [0.25, 0.3) is 0 Å². The Hall–Kier alpha value is -2.53. The fraction of sp³-hybridized carbons (Fsp3) is 0.381. The van der Waals surface area contributed by atoms with Crippen LogP contribution < -0.4 is 19.9 Å². The molecule has 0 unspecified atom stereocenters. The summed E-state index contributed by atoms with van der Waals surface area (Å²) >= 11 is 0. The lowest BCUT2D eigenvalue weighted by molar-refractivity contribution is -0.880. The van der Waals surface area contributed by atoms with E-state index >= 15 is 0 Å². The second kappa shape index (κ2) is 8.72. The normalized spacial score (nSPS) is 14.9. The van der Waals surface area contributed by atoms with Crippen LogP contribution in [0.2, 0.25) is 0 Å². The SMILES string of the molecule is Cc1ccccc1OCCC(=O)Nc1ccc(N2CC[NH+](C)CC2)cc1. The molecule has 0 spiro atoms. The minimum absolute atomic E-state index is 0.0328. The van der Waals surface area contributed by atoms with Gasteiger partial charge in [0.2, 0.25) is 5.91 Å². The highest BCUT2D eigenvalue weighted by molar-refractivity contribution is 5.90. The lowest BCUT2D eigenvalue weighted by atomic mass is 10.2. The van der Waals surface area contributed by atoms with Crippen molar-refractivity contribution in [2.75, 3.05) is 50.1 Å². The van der Waals surface area contributed by atoms with Gasteiger partial charge in [-0.05, 0) is 42.8 Å². The number of hydrogen-bond acceptors (Lipinski definition) is 3. The highest BCUT2D eigenvalue weighted by Crippen LogP contribution is 2.19. The summed E-state index contributed by atoms with van der Waals surface area (Å²) in [6, 6.07) is 15.9. The Bertz CT molecular complexity index is 722. The molecule has 0 radical (unpaired) electrons. The zero-order valence-corrected chi connectivity index (χ0v) is 15.6. The van der Waals surface area contributed by atoms with Gasteiger partial charge in [0.1, 0.15) is 5.75 Å². The van der Waals surface area contributed by atoms with Gasteiger partial charge in [-0.15, -0.1) is 0 Å². The van der Waals surface area contributed by atoms with Gasteiger partial charge >= 0.3 is 0 Å². The Kier molecular flexibility index (Phi) is 6.12. The molecule has 0 saturated carbocycles. The number of benzene rings is 2. The number of nitrogens with one attached hydrogen (secondary N) is 2. The topological polar surface area (TPSA) is 46.0 Å². The first-order valence-corrected chi connectivity index (χ1v) is 9.26. The highest BCUT2D eigenvalue weighted by atomic mass is 16.5. The second-order valence-corrected chi connectivity index (χ2v) is 6.90. The number of amides is 1. The molecule has 3 rings (SSSR count). The molecular formula is C21H28N3O2+. The maximum absolute atomic E-state index is 12.1. The summed E-state index contributed by atoms with van der Waals surface area (Å²) < 4.78 is 5.68. The van der Waals surface area contributed by atoms with Crippen molar-refractivity contribution < 1.29 is 14.4 Å². The molecule has 1 aliphatic heterocycles. The number of aryl methyl sites for hydroxylation is 1. The van der Waals surface area contributed by atoms with Gasteiger partial charge in [0.25, 0.3) is 0 Å². The Labute approximate surface area is 155 Å². The number of nitrogens with zero attached hydrogens (tertiary/aromatic N) is 1. The van der Waals surface area contributed by atoms with E-state index in [2.05, 4.69) is 29.4 Å². The van der Waals surface area contributed by atoms with E-state index < -0.39 is 0 Å². The van der Waals surface area contributed by atoms with Gasteiger partial charge in [-0.2, -0.15) is 0 Å². The number of carbonyl (C=O) groups excluding carboxylic acids is 1. The fourth-order valence-corrected chi connectivity index (χ4v) is 3.10. The van der Waals surface area contributed by atoms with Crippen molar-refractivity contribution in [3.05, 3.63) is 54.1 Å². The maximum Gasteiger partial charge on any atom is 0.227 e. The van der Waals surface area contributed by atoms with Crippen LogP contribution in [0.15, 0.2) is 48.5 Å². The van der Waals surface area contributed by atoms with E-state index in [0.717, 1.165) is 30.1 Å². The molecule has 1 amide bonds. The Morgan fingerprint density at radius 1 is 1.12 bits per heavy atom. The standard InChI is InChI=1S/C21H27N3O2/c1-17-5-3-4-6-20(17)26-16-11-21(25)22-18-7-9-19(10-8-18)24-14-12-23(2)13-15-24/h3-10H,11-16H2,1-2H3,(H,22,25)/p+1. The zero-order chi connectivity index (χ0) is 18.4. The third kappa shape index (κ3) is 4.99. The molecule has 0 atom stereocenters. The monoisotopic (exact) mass is 354 g/mol. The number of ether oxygens (including phenoxy) is 1.